The van der Waals surface area contributed by atoms with E-state index in [0.29, 0.717) is 11.8 Å². The molecular weight excluding hydrogens is 219 g/mol. The highest BCUT2D eigenvalue weighted by Gasteiger charge is 2.80. The fourth-order valence-corrected chi connectivity index (χ4v) is 4.58. The molecule has 4 atom stereocenters. The summed E-state index contributed by atoms with van der Waals surface area (Å²) in [5, 5.41) is 0. The Morgan fingerprint density at radius 2 is 1.79 bits per heavy atom. The van der Waals surface area contributed by atoms with E-state index in [9.17, 15) is 0 Å². The van der Waals surface area contributed by atoms with Crippen molar-refractivity contribution in [2.75, 3.05) is 0 Å². The molecule has 2 aliphatic carbocycles. The minimum atomic E-state index is -0.525. The molecule has 1 nitrogen and oxygen atoms in total. The van der Waals surface area contributed by atoms with Gasteiger partial charge in [-0.2, -0.15) is 0 Å². The van der Waals surface area contributed by atoms with Gasteiger partial charge in [-0.05, 0) is 32.6 Å². The van der Waals surface area contributed by atoms with Crippen molar-refractivity contribution in [3.63, 3.8) is 0 Å². The van der Waals surface area contributed by atoms with Gasteiger partial charge in [-0.3, -0.25) is 0 Å². The van der Waals surface area contributed by atoms with Gasteiger partial charge in [0.05, 0.1) is 11.7 Å². The lowest BCUT2D eigenvalue weighted by molar-refractivity contribution is -0.0485. The average molecular weight is 235 g/mol. The quantitative estimate of drug-likeness (QED) is 0.585. The van der Waals surface area contributed by atoms with Crippen LogP contribution in [0.2, 0.25) is 0 Å². The first-order valence-corrected chi connectivity index (χ1v) is 6.11. The molecule has 3 rings (SSSR count). The number of alkyl halides is 2. The molecule has 1 saturated heterocycles. The summed E-state index contributed by atoms with van der Waals surface area (Å²) in [7, 11) is 0. The summed E-state index contributed by atoms with van der Waals surface area (Å²) in [6.07, 6.45) is 2.55. The van der Waals surface area contributed by atoms with Gasteiger partial charge in [-0.25, -0.2) is 0 Å². The number of rotatable bonds is 0. The summed E-state index contributed by atoms with van der Waals surface area (Å²) in [5.41, 5.74) is 0.0470. The van der Waals surface area contributed by atoms with Crippen LogP contribution in [0.1, 0.15) is 33.6 Å². The van der Waals surface area contributed by atoms with Crippen molar-refractivity contribution in [2.45, 2.75) is 49.7 Å². The lowest BCUT2D eigenvalue weighted by Crippen LogP contribution is -2.28. The van der Waals surface area contributed by atoms with E-state index in [1.54, 1.807) is 0 Å². The fraction of sp³-hybridized carbons (Fsp3) is 1.00. The van der Waals surface area contributed by atoms with Gasteiger partial charge in [0.2, 0.25) is 0 Å². The summed E-state index contributed by atoms with van der Waals surface area (Å²) >= 11 is 12.7. The molecule has 0 amide bonds. The second-order valence-corrected chi connectivity index (χ2v) is 7.22. The Bertz CT molecular complexity index is 300. The maximum atomic E-state index is 6.33. The van der Waals surface area contributed by atoms with Crippen LogP contribution in [0.3, 0.4) is 0 Å². The van der Waals surface area contributed by atoms with E-state index in [0.717, 1.165) is 12.8 Å². The van der Waals surface area contributed by atoms with Crippen LogP contribution >= 0.6 is 23.2 Å². The van der Waals surface area contributed by atoms with Crippen molar-refractivity contribution < 1.29 is 4.74 Å². The summed E-state index contributed by atoms with van der Waals surface area (Å²) in [6.45, 7) is 6.56. The van der Waals surface area contributed by atoms with Crippen LogP contribution in [-0.2, 0) is 4.74 Å². The first-order valence-electron chi connectivity index (χ1n) is 5.36. The van der Waals surface area contributed by atoms with Gasteiger partial charge in [0.25, 0.3) is 0 Å². The molecule has 0 spiro atoms. The zero-order valence-corrected chi connectivity index (χ0v) is 10.3. The maximum Gasteiger partial charge on any atom is 0.130 e. The zero-order chi connectivity index (χ0) is 10.4. The molecule has 1 heterocycles. The van der Waals surface area contributed by atoms with E-state index >= 15 is 0 Å². The van der Waals surface area contributed by atoms with E-state index in [1.165, 1.54) is 0 Å². The SMILES string of the molecule is CC1(C)O[C@H]2C[C@H]1C[C@@H]1C(Cl)(Cl)[C@@]21C. The number of ether oxygens (including phenoxy) is 1. The van der Waals surface area contributed by atoms with Gasteiger partial charge in [0.15, 0.2) is 0 Å². The summed E-state index contributed by atoms with van der Waals surface area (Å²) in [4.78, 5) is 0. The predicted molar refractivity (Wildman–Crippen MR) is 57.7 cm³/mol. The van der Waals surface area contributed by atoms with Crippen molar-refractivity contribution in [3.8, 4) is 0 Å². The predicted octanol–water partition coefficient (Wildman–Crippen LogP) is 3.38. The third-order valence-corrected chi connectivity index (χ3v) is 6.25. The minimum Gasteiger partial charge on any atom is -0.371 e. The molecule has 0 N–H and O–H groups in total. The van der Waals surface area contributed by atoms with Gasteiger partial charge in [0, 0.05) is 11.3 Å². The highest BCUT2D eigenvalue weighted by Crippen LogP contribution is 2.78. The minimum absolute atomic E-state index is 0.0143. The molecule has 80 valence electrons. The van der Waals surface area contributed by atoms with Crippen LogP contribution in [0.4, 0.5) is 0 Å². The van der Waals surface area contributed by atoms with E-state index in [1.807, 2.05) is 0 Å². The second kappa shape index (κ2) is 2.28. The van der Waals surface area contributed by atoms with E-state index in [2.05, 4.69) is 20.8 Å². The van der Waals surface area contributed by atoms with Gasteiger partial charge in [0.1, 0.15) is 4.33 Å². The molecule has 3 fully saturated rings. The Balaban J connectivity index is 1.96. The zero-order valence-electron chi connectivity index (χ0n) is 8.81. The smallest absolute Gasteiger partial charge is 0.130 e. The third kappa shape index (κ3) is 0.842. The van der Waals surface area contributed by atoms with Crippen molar-refractivity contribution in [2.24, 2.45) is 17.3 Å². The highest BCUT2D eigenvalue weighted by molar-refractivity contribution is 6.52. The number of hydrogen-bond donors (Lipinski definition) is 0. The standard InChI is InChI=1S/C11H16Cl2O/c1-9(2)6-4-7-10(3,11(7,12)13)8(5-6)14-9/h6-8H,4-5H2,1-3H3/t6-,7+,8+,10-/m1/s1. The van der Waals surface area contributed by atoms with Crippen molar-refractivity contribution in [1.29, 1.82) is 0 Å². The molecule has 2 saturated carbocycles. The van der Waals surface area contributed by atoms with Crippen molar-refractivity contribution in [1.82, 2.24) is 0 Å². The number of fused-ring (bicyclic) bond motifs is 4. The lowest BCUT2D eigenvalue weighted by atomic mass is 9.77. The molecule has 0 radical (unpaired) electrons. The molecule has 0 aromatic heterocycles. The molecule has 1 aliphatic heterocycles. The molecule has 14 heavy (non-hydrogen) atoms. The second-order valence-electron chi connectivity index (χ2n) is 5.84. The van der Waals surface area contributed by atoms with E-state index in [-0.39, 0.29) is 17.1 Å². The first kappa shape index (κ1) is 9.74. The third-order valence-electron chi connectivity index (χ3n) is 4.91. The van der Waals surface area contributed by atoms with E-state index < -0.39 is 4.33 Å². The monoisotopic (exact) mass is 234 g/mol. The molecule has 0 unspecified atom stereocenters. The normalized spacial score (nSPS) is 56.8. The van der Waals surface area contributed by atoms with Crippen LogP contribution in [0, 0.1) is 17.3 Å². The summed E-state index contributed by atoms with van der Waals surface area (Å²) in [6, 6.07) is 0. The van der Waals surface area contributed by atoms with Crippen molar-refractivity contribution in [3.05, 3.63) is 0 Å². The average Bonchev–Trinajstić information content (AvgIpc) is 2.39. The Morgan fingerprint density at radius 3 is 2.43 bits per heavy atom. The molecular formula is C11H16Cl2O. The number of halogens is 2. The Labute approximate surface area is 95.1 Å². The molecule has 3 heteroatoms. The number of hydrogen-bond acceptors (Lipinski definition) is 1. The van der Waals surface area contributed by atoms with Crippen LogP contribution in [-0.4, -0.2) is 16.0 Å². The molecule has 2 bridgehead atoms. The van der Waals surface area contributed by atoms with E-state index in [4.69, 9.17) is 27.9 Å². The first-order chi connectivity index (χ1) is 6.30. The van der Waals surface area contributed by atoms with Crippen molar-refractivity contribution >= 4 is 23.2 Å². The summed E-state index contributed by atoms with van der Waals surface area (Å²) < 4.78 is 5.57. The van der Waals surface area contributed by atoms with Crippen LogP contribution in [0.15, 0.2) is 0 Å². The Kier molecular flexibility index (Phi) is 1.59. The highest BCUT2D eigenvalue weighted by atomic mass is 35.5. The Hall–Kier alpha value is 0.540. The molecule has 0 aromatic rings. The molecule has 3 aliphatic rings. The van der Waals surface area contributed by atoms with Gasteiger partial charge in [-0.15, -0.1) is 23.2 Å². The Morgan fingerprint density at radius 1 is 1.14 bits per heavy atom. The van der Waals surface area contributed by atoms with Gasteiger partial charge < -0.3 is 4.74 Å². The fourth-order valence-electron chi connectivity index (χ4n) is 3.55. The summed E-state index contributed by atoms with van der Waals surface area (Å²) in [5.74, 6) is 1.09. The van der Waals surface area contributed by atoms with Gasteiger partial charge >= 0.3 is 0 Å². The topological polar surface area (TPSA) is 9.23 Å². The van der Waals surface area contributed by atoms with Gasteiger partial charge in [-0.1, -0.05) is 6.92 Å². The molecule has 0 aromatic carbocycles. The maximum absolute atomic E-state index is 6.33. The van der Waals surface area contributed by atoms with Crippen LogP contribution in [0.5, 0.6) is 0 Å². The van der Waals surface area contributed by atoms with Crippen LogP contribution in [0.25, 0.3) is 0 Å². The largest absolute Gasteiger partial charge is 0.371 e. The van der Waals surface area contributed by atoms with Crippen LogP contribution < -0.4 is 0 Å². The lowest BCUT2D eigenvalue weighted by Gasteiger charge is -2.25.